The second-order valence-corrected chi connectivity index (χ2v) is 8.59. The highest BCUT2D eigenvalue weighted by molar-refractivity contribution is 9.10. The van der Waals surface area contributed by atoms with Gasteiger partial charge in [0.25, 0.3) is 0 Å². The van der Waals surface area contributed by atoms with E-state index in [4.69, 9.17) is 0 Å². The summed E-state index contributed by atoms with van der Waals surface area (Å²) in [5, 5.41) is 2.92. The number of aromatic nitrogens is 1. The quantitative estimate of drug-likeness (QED) is 0.610. The molecule has 1 aromatic heterocycles. The number of carbonyl (C=O) groups is 2. The number of carbonyl (C=O) groups excluding carboxylic acids is 2. The van der Waals surface area contributed by atoms with Crippen LogP contribution in [0.3, 0.4) is 0 Å². The van der Waals surface area contributed by atoms with Crippen LogP contribution >= 0.6 is 15.9 Å². The Balaban J connectivity index is 1.43. The molecule has 0 spiro atoms. The number of likely N-dealkylation sites (tertiary alicyclic amines) is 1. The number of amides is 2. The Morgan fingerprint density at radius 2 is 2.00 bits per heavy atom. The zero-order valence-corrected chi connectivity index (χ0v) is 18.5. The highest BCUT2D eigenvalue weighted by Gasteiger charge is 2.28. The maximum atomic E-state index is 12.6. The average molecular weight is 458 g/mol. The van der Waals surface area contributed by atoms with Gasteiger partial charge in [-0.2, -0.15) is 0 Å². The highest BCUT2D eigenvalue weighted by Crippen LogP contribution is 2.21. The van der Waals surface area contributed by atoms with E-state index in [9.17, 15) is 9.59 Å². The predicted octanol–water partition coefficient (Wildman–Crippen LogP) is 4.74. The van der Waals surface area contributed by atoms with Gasteiger partial charge in [0.2, 0.25) is 11.8 Å². The Bertz CT molecular complexity index is 838. The Morgan fingerprint density at radius 1 is 1.21 bits per heavy atom. The standard InChI is InChI=1S/C23H28BrN3O2/c1-17-6-4-14-25-22(17)26-23(29)19-8-5-15-27(16-19)21(28)9-3-2-7-18-10-12-20(24)13-11-18/h4,6,10-14,19H,2-3,5,7-9,15-16H2,1H3,(H,25,26,29). The van der Waals surface area contributed by atoms with Crippen molar-refractivity contribution in [1.82, 2.24) is 9.88 Å². The summed E-state index contributed by atoms with van der Waals surface area (Å²) >= 11 is 3.45. The molecule has 0 saturated carbocycles. The molecule has 2 amide bonds. The SMILES string of the molecule is Cc1cccnc1NC(=O)C1CCCN(C(=O)CCCCc2ccc(Br)cc2)C1. The minimum atomic E-state index is -0.170. The van der Waals surface area contributed by atoms with E-state index in [2.05, 4.69) is 38.4 Å². The molecule has 0 bridgehead atoms. The minimum Gasteiger partial charge on any atom is -0.342 e. The monoisotopic (exact) mass is 457 g/mol. The van der Waals surface area contributed by atoms with Gasteiger partial charge in [-0.05, 0) is 68.4 Å². The van der Waals surface area contributed by atoms with Crippen molar-refractivity contribution in [3.05, 3.63) is 58.2 Å². The molecular formula is C23H28BrN3O2. The number of piperidine rings is 1. The molecule has 1 fully saturated rings. The molecule has 2 heterocycles. The number of nitrogens with zero attached hydrogens (tertiary/aromatic N) is 2. The molecule has 154 valence electrons. The van der Waals surface area contributed by atoms with Crippen molar-refractivity contribution in [1.29, 1.82) is 0 Å². The normalized spacial score (nSPS) is 16.5. The molecule has 0 aliphatic carbocycles. The maximum Gasteiger partial charge on any atom is 0.230 e. The largest absolute Gasteiger partial charge is 0.342 e. The van der Waals surface area contributed by atoms with Crippen molar-refractivity contribution < 1.29 is 9.59 Å². The molecule has 1 aromatic carbocycles. The lowest BCUT2D eigenvalue weighted by atomic mass is 9.96. The van der Waals surface area contributed by atoms with Crippen molar-refractivity contribution in [3.8, 4) is 0 Å². The fourth-order valence-electron chi connectivity index (χ4n) is 3.67. The van der Waals surface area contributed by atoms with Crippen LogP contribution in [0, 0.1) is 12.8 Å². The Morgan fingerprint density at radius 3 is 2.76 bits per heavy atom. The van der Waals surface area contributed by atoms with Crippen LogP contribution in [0.2, 0.25) is 0 Å². The number of halogens is 1. The van der Waals surface area contributed by atoms with Crippen LogP contribution in [-0.4, -0.2) is 34.8 Å². The molecule has 1 N–H and O–H groups in total. The summed E-state index contributed by atoms with van der Waals surface area (Å²) in [7, 11) is 0. The van der Waals surface area contributed by atoms with Crippen LogP contribution in [0.5, 0.6) is 0 Å². The smallest absolute Gasteiger partial charge is 0.230 e. The third kappa shape index (κ3) is 6.39. The zero-order chi connectivity index (χ0) is 20.6. The summed E-state index contributed by atoms with van der Waals surface area (Å²) in [5.74, 6) is 0.553. The Kier molecular flexibility index (Phi) is 7.81. The molecule has 1 aliphatic heterocycles. The second-order valence-electron chi connectivity index (χ2n) is 7.67. The van der Waals surface area contributed by atoms with Gasteiger partial charge in [-0.3, -0.25) is 9.59 Å². The maximum absolute atomic E-state index is 12.6. The van der Waals surface area contributed by atoms with Crippen molar-refractivity contribution in [2.24, 2.45) is 5.92 Å². The summed E-state index contributed by atoms with van der Waals surface area (Å²) in [6.07, 6.45) is 6.74. The molecule has 3 rings (SSSR count). The van der Waals surface area contributed by atoms with E-state index < -0.39 is 0 Å². The molecule has 1 unspecified atom stereocenters. The fourth-order valence-corrected chi connectivity index (χ4v) is 3.93. The zero-order valence-electron chi connectivity index (χ0n) is 16.9. The second kappa shape index (κ2) is 10.5. The first-order chi connectivity index (χ1) is 14.0. The number of hydrogen-bond acceptors (Lipinski definition) is 3. The van der Waals surface area contributed by atoms with E-state index in [1.54, 1.807) is 6.20 Å². The van der Waals surface area contributed by atoms with Gasteiger partial charge in [-0.1, -0.05) is 34.1 Å². The molecule has 1 saturated heterocycles. The van der Waals surface area contributed by atoms with Gasteiger partial charge >= 0.3 is 0 Å². The van der Waals surface area contributed by atoms with Crippen molar-refractivity contribution in [2.45, 2.75) is 45.4 Å². The van der Waals surface area contributed by atoms with Gasteiger partial charge < -0.3 is 10.2 Å². The molecular weight excluding hydrogens is 430 g/mol. The third-order valence-corrected chi connectivity index (χ3v) is 5.94. The number of pyridine rings is 1. The topological polar surface area (TPSA) is 62.3 Å². The van der Waals surface area contributed by atoms with Crippen LogP contribution in [0.4, 0.5) is 5.82 Å². The molecule has 1 aliphatic rings. The first-order valence-corrected chi connectivity index (χ1v) is 11.1. The van der Waals surface area contributed by atoms with Gasteiger partial charge in [0.1, 0.15) is 5.82 Å². The first-order valence-electron chi connectivity index (χ1n) is 10.3. The Hall–Kier alpha value is -2.21. The van der Waals surface area contributed by atoms with Crippen LogP contribution in [0.25, 0.3) is 0 Å². The lowest BCUT2D eigenvalue weighted by Gasteiger charge is -2.32. The summed E-state index contributed by atoms with van der Waals surface area (Å²) in [4.78, 5) is 31.3. The van der Waals surface area contributed by atoms with E-state index in [0.29, 0.717) is 18.8 Å². The first kappa shape index (κ1) is 21.5. The summed E-state index contributed by atoms with van der Waals surface area (Å²) < 4.78 is 1.08. The van der Waals surface area contributed by atoms with Gasteiger partial charge in [0, 0.05) is 30.2 Å². The van der Waals surface area contributed by atoms with Gasteiger partial charge in [-0.15, -0.1) is 0 Å². The summed E-state index contributed by atoms with van der Waals surface area (Å²) in [6, 6.07) is 12.1. The minimum absolute atomic E-state index is 0.0421. The number of unbranched alkanes of at least 4 members (excludes halogenated alkanes) is 1. The summed E-state index contributed by atoms with van der Waals surface area (Å²) in [5.41, 5.74) is 2.23. The molecule has 29 heavy (non-hydrogen) atoms. The average Bonchev–Trinajstić information content (AvgIpc) is 2.74. The van der Waals surface area contributed by atoms with E-state index in [0.717, 1.165) is 48.7 Å². The number of aryl methyl sites for hydroxylation is 2. The van der Waals surface area contributed by atoms with Crippen LogP contribution < -0.4 is 5.32 Å². The number of benzene rings is 1. The van der Waals surface area contributed by atoms with E-state index in [1.165, 1.54) is 5.56 Å². The molecule has 5 nitrogen and oxygen atoms in total. The highest BCUT2D eigenvalue weighted by atomic mass is 79.9. The number of anilines is 1. The predicted molar refractivity (Wildman–Crippen MR) is 119 cm³/mol. The van der Waals surface area contributed by atoms with Crippen LogP contribution in [0.15, 0.2) is 47.1 Å². The molecule has 0 radical (unpaired) electrons. The number of nitrogens with one attached hydrogen (secondary N) is 1. The van der Waals surface area contributed by atoms with Gasteiger partial charge in [0.05, 0.1) is 5.92 Å². The van der Waals surface area contributed by atoms with E-state index in [1.807, 2.05) is 36.1 Å². The third-order valence-electron chi connectivity index (χ3n) is 5.42. The molecule has 6 heteroatoms. The lowest BCUT2D eigenvalue weighted by Crippen LogP contribution is -2.43. The van der Waals surface area contributed by atoms with Gasteiger partial charge in [-0.25, -0.2) is 4.98 Å². The van der Waals surface area contributed by atoms with Crippen molar-refractivity contribution in [3.63, 3.8) is 0 Å². The van der Waals surface area contributed by atoms with Crippen molar-refractivity contribution >= 4 is 33.6 Å². The van der Waals surface area contributed by atoms with Crippen LogP contribution in [0.1, 0.15) is 43.2 Å². The van der Waals surface area contributed by atoms with E-state index >= 15 is 0 Å². The number of rotatable bonds is 7. The number of hydrogen-bond donors (Lipinski definition) is 1. The van der Waals surface area contributed by atoms with E-state index in [-0.39, 0.29) is 17.7 Å². The fraction of sp³-hybridized carbons (Fsp3) is 0.435. The van der Waals surface area contributed by atoms with Gasteiger partial charge in [0.15, 0.2) is 0 Å². The molecule has 1 atom stereocenters. The Labute approximate surface area is 181 Å². The summed E-state index contributed by atoms with van der Waals surface area (Å²) in [6.45, 7) is 3.18. The lowest BCUT2D eigenvalue weighted by molar-refractivity contribution is -0.134. The van der Waals surface area contributed by atoms with Crippen LogP contribution in [-0.2, 0) is 16.0 Å². The van der Waals surface area contributed by atoms with Crippen molar-refractivity contribution in [2.75, 3.05) is 18.4 Å². The molecule has 2 aromatic rings.